The lowest BCUT2D eigenvalue weighted by Crippen LogP contribution is -2.48. The van der Waals surface area contributed by atoms with Crippen LogP contribution in [0.1, 0.15) is 18.9 Å². The summed E-state index contributed by atoms with van der Waals surface area (Å²) in [7, 11) is -5.96. The minimum atomic E-state index is -3.68. The van der Waals surface area contributed by atoms with E-state index in [0.29, 0.717) is 5.56 Å². The number of nitrogens with one attached hydrogen (secondary N) is 3. The number of piperidine rings is 1. The van der Waals surface area contributed by atoms with E-state index in [-0.39, 0.29) is 21.8 Å². The molecule has 0 radical (unpaired) electrons. The summed E-state index contributed by atoms with van der Waals surface area (Å²) in [6.45, 7) is 5.12. The molecule has 9 heteroatoms. The van der Waals surface area contributed by atoms with Crippen LogP contribution in [0, 0.1) is 12.8 Å². The first-order valence-corrected chi connectivity index (χ1v) is 10.4. The first-order chi connectivity index (χ1) is 10.7. The molecule has 1 saturated heterocycles. The van der Waals surface area contributed by atoms with Crippen LogP contribution in [0.2, 0.25) is 0 Å². The van der Waals surface area contributed by atoms with Crippen LogP contribution in [0.3, 0.4) is 0 Å². The van der Waals surface area contributed by atoms with E-state index in [2.05, 4.69) is 14.8 Å². The SMILES string of the molecule is CNS(=O)(=O)c1ccc(S(=O)(=O)NC2CCNCC2C)cc1C. The molecule has 0 saturated carbocycles. The van der Waals surface area contributed by atoms with Crippen molar-refractivity contribution < 1.29 is 16.8 Å². The normalized spacial score (nSPS) is 22.9. The molecule has 0 aromatic heterocycles. The molecule has 1 heterocycles. The highest BCUT2D eigenvalue weighted by molar-refractivity contribution is 7.90. The molecule has 23 heavy (non-hydrogen) atoms. The summed E-state index contributed by atoms with van der Waals surface area (Å²) in [6.07, 6.45) is 0.728. The lowest BCUT2D eigenvalue weighted by Gasteiger charge is -2.30. The van der Waals surface area contributed by atoms with Crippen molar-refractivity contribution in [2.24, 2.45) is 5.92 Å². The average molecular weight is 361 g/mol. The summed E-state index contributed by atoms with van der Waals surface area (Å²) in [5.41, 5.74) is 0.389. The van der Waals surface area contributed by atoms with E-state index < -0.39 is 20.0 Å². The Morgan fingerprint density at radius 3 is 2.43 bits per heavy atom. The molecule has 1 aliphatic rings. The highest BCUT2D eigenvalue weighted by Gasteiger charge is 2.27. The Kier molecular flexibility index (Phi) is 5.47. The van der Waals surface area contributed by atoms with Crippen molar-refractivity contribution in [2.45, 2.75) is 36.1 Å². The molecule has 0 aliphatic carbocycles. The minimum Gasteiger partial charge on any atom is -0.316 e. The highest BCUT2D eigenvalue weighted by atomic mass is 32.2. The maximum Gasteiger partial charge on any atom is 0.240 e. The van der Waals surface area contributed by atoms with Crippen LogP contribution in [0.4, 0.5) is 0 Å². The van der Waals surface area contributed by atoms with Gasteiger partial charge in [-0.1, -0.05) is 6.92 Å². The maximum absolute atomic E-state index is 12.5. The molecule has 1 aliphatic heterocycles. The van der Waals surface area contributed by atoms with Crippen LogP contribution in [0.5, 0.6) is 0 Å². The van der Waals surface area contributed by atoms with Gasteiger partial charge in [-0.25, -0.2) is 26.3 Å². The zero-order chi connectivity index (χ0) is 17.3. The summed E-state index contributed by atoms with van der Waals surface area (Å²) in [5.74, 6) is 0.198. The molecule has 2 rings (SSSR count). The van der Waals surface area contributed by atoms with Crippen LogP contribution in [0.15, 0.2) is 28.0 Å². The molecule has 130 valence electrons. The third-order valence-electron chi connectivity index (χ3n) is 4.11. The third-order valence-corrected chi connectivity index (χ3v) is 7.17. The minimum absolute atomic E-state index is 0.0779. The molecule has 0 spiro atoms. The predicted molar refractivity (Wildman–Crippen MR) is 88.2 cm³/mol. The number of hydrogen-bond donors (Lipinski definition) is 3. The zero-order valence-electron chi connectivity index (χ0n) is 13.5. The van der Waals surface area contributed by atoms with Gasteiger partial charge in [0, 0.05) is 6.04 Å². The lowest BCUT2D eigenvalue weighted by atomic mass is 9.97. The van der Waals surface area contributed by atoms with Crippen molar-refractivity contribution in [3.05, 3.63) is 23.8 Å². The van der Waals surface area contributed by atoms with Gasteiger partial charge in [-0.2, -0.15) is 0 Å². The second-order valence-electron chi connectivity index (χ2n) is 5.83. The molecule has 3 N–H and O–H groups in total. The summed E-state index contributed by atoms with van der Waals surface area (Å²) >= 11 is 0. The standard InChI is InChI=1S/C14H23N3O4S2/c1-10-8-12(4-5-14(10)23(20,21)15-3)22(18,19)17-13-6-7-16-9-11(13)2/h4-5,8,11,13,15-17H,6-7,9H2,1-3H3. The van der Waals surface area contributed by atoms with Gasteiger partial charge in [0.15, 0.2) is 0 Å². The van der Waals surface area contributed by atoms with Crippen LogP contribution >= 0.6 is 0 Å². The van der Waals surface area contributed by atoms with Crippen molar-refractivity contribution in [3.8, 4) is 0 Å². The molecule has 0 bridgehead atoms. The largest absolute Gasteiger partial charge is 0.316 e. The summed E-state index contributed by atoms with van der Waals surface area (Å²) < 4.78 is 53.7. The summed E-state index contributed by atoms with van der Waals surface area (Å²) in [6, 6.07) is 3.91. The quantitative estimate of drug-likeness (QED) is 0.694. The van der Waals surface area contributed by atoms with Crippen molar-refractivity contribution >= 4 is 20.0 Å². The fraction of sp³-hybridized carbons (Fsp3) is 0.571. The molecule has 1 aromatic rings. The van der Waals surface area contributed by atoms with E-state index in [1.54, 1.807) is 6.92 Å². The lowest BCUT2D eigenvalue weighted by molar-refractivity contribution is 0.328. The van der Waals surface area contributed by atoms with Crippen LogP contribution < -0.4 is 14.8 Å². The van der Waals surface area contributed by atoms with Gasteiger partial charge in [0.05, 0.1) is 9.79 Å². The monoisotopic (exact) mass is 361 g/mol. The molecule has 7 nitrogen and oxygen atoms in total. The van der Waals surface area contributed by atoms with Crippen LogP contribution in [-0.2, 0) is 20.0 Å². The van der Waals surface area contributed by atoms with E-state index in [1.807, 2.05) is 6.92 Å². The third kappa shape index (κ3) is 4.10. The number of aryl methyl sites for hydroxylation is 1. The fourth-order valence-electron chi connectivity index (χ4n) is 2.66. The van der Waals surface area contributed by atoms with Gasteiger partial charge in [-0.3, -0.25) is 0 Å². The van der Waals surface area contributed by atoms with Crippen LogP contribution in [-0.4, -0.2) is 43.0 Å². The van der Waals surface area contributed by atoms with E-state index in [1.165, 1.54) is 25.2 Å². The van der Waals surface area contributed by atoms with Gasteiger partial charge in [0.25, 0.3) is 0 Å². The molecular formula is C14H23N3O4S2. The van der Waals surface area contributed by atoms with Gasteiger partial charge in [-0.05, 0) is 63.2 Å². The Labute approximate surface area is 138 Å². The molecule has 1 fully saturated rings. The highest BCUT2D eigenvalue weighted by Crippen LogP contribution is 2.21. The van der Waals surface area contributed by atoms with E-state index >= 15 is 0 Å². The van der Waals surface area contributed by atoms with E-state index in [4.69, 9.17) is 0 Å². The van der Waals surface area contributed by atoms with Crippen molar-refractivity contribution in [1.29, 1.82) is 0 Å². The van der Waals surface area contributed by atoms with Gasteiger partial charge in [-0.15, -0.1) is 0 Å². The summed E-state index contributed by atoms with van der Waals surface area (Å²) in [4.78, 5) is 0.157. The van der Waals surface area contributed by atoms with E-state index in [0.717, 1.165) is 19.5 Å². The topological polar surface area (TPSA) is 104 Å². The van der Waals surface area contributed by atoms with Gasteiger partial charge in [0.1, 0.15) is 0 Å². The van der Waals surface area contributed by atoms with Gasteiger partial charge >= 0.3 is 0 Å². The maximum atomic E-state index is 12.5. The Morgan fingerprint density at radius 2 is 1.87 bits per heavy atom. The summed E-state index contributed by atoms with van der Waals surface area (Å²) in [5, 5.41) is 3.22. The molecule has 2 atom stereocenters. The van der Waals surface area contributed by atoms with Gasteiger partial charge < -0.3 is 5.32 Å². The van der Waals surface area contributed by atoms with Crippen molar-refractivity contribution in [2.75, 3.05) is 20.1 Å². The number of benzene rings is 1. The Balaban J connectivity index is 2.28. The Hall–Kier alpha value is -1.00. The predicted octanol–water partition coefficient (Wildman–Crippen LogP) is 0.179. The van der Waals surface area contributed by atoms with Crippen LogP contribution in [0.25, 0.3) is 0 Å². The number of rotatable bonds is 5. The second-order valence-corrected chi connectivity index (χ2v) is 9.40. The zero-order valence-corrected chi connectivity index (χ0v) is 15.1. The number of hydrogen-bond acceptors (Lipinski definition) is 5. The van der Waals surface area contributed by atoms with E-state index in [9.17, 15) is 16.8 Å². The van der Waals surface area contributed by atoms with Gasteiger partial charge in [0.2, 0.25) is 20.0 Å². The number of sulfonamides is 2. The Bertz CT molecular complexity index is 775. The first-order valence-electron chi connectivity index (χ1n) is 7.44. The molecule has 1 aromatic carbocycles. The first kappa shape index (κ1) is 18.3. The fourth-order valence-corrected chi connectivity index (χ4v) is 5.07. The molecule has 2 unspecified atom stereocenters. The average Bonchev–Trinajstić information content (AvgIpc) is 2.49. The molecule has 0 amide bonds. The second kappa shape index (κ2) is 6.86. The Morgan fingerprint density at radius 1 is 1.17 bits per heavy atom. The van der Waals surface area contributed by atoms with Crippen molar-refractivity contribution in [3.63, 3.8) is 0 Å². The van der Waals surface area contributed by atoms with Crippen molar-refractivity contribution in [1.82, 2.24) is 14.8 Å². The smallest absolute Gasteiger partial charge is 0.240 e. The molecular weight excluding hydrogens is 338 g/mol.